The van der Waals surface area contributed by atoms with E-state index in [4.69, 9.17) is 34.8 Å². The predicted molar refractivity (Wildman–Crippen MR) is 121 cm³/mol. The predicted octanol–water partition coefficient (Wildman–Crippen LogP) is 5.48. The molecule has 0 heterocycles. The van der Waals surface area contributed by atoms with Crippen LogP contribution in [0, 0.1) is 0 Å². The smallest absolute Gasteiger partial charge is 0.243 e. The number of sulfonamides is 1. The SMILES string of the molecule is O=C(CN(Cc1ccc(Cl)cc1Cl)S(=O)(=O)c1ccccc1)Nc1cccc(Cl)c1. The van der Waals surface area contributed by atoms with Crippen molar-refractivity contribution in [2.75, 3.05) is 11.9 Å². The van der Waals surface area contributed by atoms with Crippen LogP contribution in [0.15, 0.2) is 77.7 Å². The van der Waals surface area contributed by atoms with Gasteiger partial charge in [0.15, 0.2) is 0 Å². The van der Waals surface area contributed by atoms with Gasteiger partial charge in [-0.2, -0.15) is 4.31 Å². The zero-order valence-electron chi connectivity index (χ0n) is 15.6. The van der Waals surface area contributed by atoms with Crippen LogP contribution in [0.25, 0.3) is 0 Å². The zero-order valence-corrected chi connectivity index (χ0v) is 18.6. The van der Waals surface area contributed by atoms with Crippen LogP contribution in [-0.2, 0) is 21.4 Å². The first-order valence-corrected chi connectivity index (χ1v) is 11.4. The molecule has 0 saturated heterocycles. The number of hydrogen-bond acceptors (Lipinski definition) is 3. The second-order valence-corrected chi connectivity index (χ2v) is 9.60. The Kier molecular flexibility index (Phi) is 7.39. The van der Waals surface area contributed by atoms with Gasteiger partial charge in [0, 0.05) is 27.3 Å². The molecule has 3 aromatic carbocycles. The molecule has 0 radical (unpaired) electrons. The van der Waals surface area contributed by atoms with Gasteiger partial charge >= 0.3 is 0 Å². The Labute approximate surface area is 190 Å². The third kappa shape index (κ3) is 5.74. The van der Waals surface area contributed by atoms with Gasteiger partial charge in [0.2, 0.25) is 15.9 Å². The van der Waals surface area contributed by atoms with Gasteiger partial charge in [-0.25, -0.2) is 8.42 Å². The standard InChI is InChI=1S/C21H17Cl3N2O3S/c22-16-5-4-6-18(11-16)25-21(27)14-26(13-15-9-10-17(23)12-20(15)24)30(28,29)19-7-2-1-3-8-19/h1-12H,13-14H2,(H,25,27). The number of carbonyl (C=O) groups excluding carboxylic acids is 1. The second-order valence-electron chi connectivity index (χ2n) is 6.38. The van der Waals surface area contributed by atoms with E-state index < -0.39 is 22.5 Å². The molecule has 5 nitrogen and oxygen atoms in total. The van der Waals surface area contributed by atoms with Crippen LogP contribution < -0.4 is 5.32 Å². The molecule has 0 aliphatic carbocycles. The van der Waals surface area contributed by atoms with E-state index in [1.165, 1.54) is 18.2 Å². The Morgan fingerprint density at radius 3 is 2.23 bits per heavy atom. The summed E-state index contributed by atoms with van der Waals surface area (Å²) in [6.45, 7) is -0.515. The second kappa shape index (κ2) is 9.81. The Balaban J connectivity index is 1.89. The van der Waals surface area contributed by atoms with Gasteiger partial charge in [-0.15, -0.1) is 0 Å². The van der Waals surface area contributed by atoms with Crippen molar-refractivity contribution < 1.29 is 13.2 Å². The topological polar surface area (TPSA) is 66.5 Å². The van der Waals surface area contributed by atoms with Gasteiger partial charge in [-0.1, -0.05) is 65.1 Å². The quantitative estimate of drug-likeness (QED) is 0.484. The molecule has 0 bridgehead atoms. The first-order valence-electron chi connectivity index (χ1n) is 8.80. The molecule has 0 aliphatic heterocycles. The monoisotopic (exact) mass is 482 g/mol. The van der Waals surface area contributed by atoms with Gasteiger partial charge in [-0.3, -0.25) is 4.79 Å². The lowest BCUT2D eigenvalue weighted by Crippen LogP contribution is -2.37. The molecular formula is C21H17Cl3N2O3S. The minimum Gasteiger partial charge on any atom is -0.325 e. The lowest BCUT2D eigenvalue weighted by Gasteiger charge is -2.22. The van der Waals surface area contributed by atoms with Crippen LogP contribution in [-0.4, -0.2) is 25.2 Å². The van der Waals surface area contributed by atoms with Crippen molar-refractivity contribution in [1.82, 2.24) is 4.31 Å². The molecule has 0 aromatic heterocycles. The number of benzene rings is 3. The summed E-state index contributed by atoms with van der Waals surface area (Å²) in [6.07, 6.45) is 0. The minimum absolute atomic E-state index is 0.0747. The number of carbonyl (C=O) groups is 1. The van der Waals surface area contributed by atoms with Crippen LogP contribution in [0.5, 0.6) is 0 Å². The van der Waals surface area contributed by atoms with Crippen molar-refractivity contribution in [3.05, 3.63) is 93.4 Å². The molecule has 0 saturated carbocycles. The van der Waals surface area contributed by atoms with Crippen molar-refractivity contribution in [3.63, 3.8) is 0 Å². The number of nitrogens with zero attached hydrogens (tertiary/aromatic N) is 1. The summed E-state index contributed by atoms with van der Waals surface area (Å²) in [5.74, 6) is -0.512. The van der Waals surface area contributed by atoms with E-state index in [1.54, 1.807) is 54.6 Å². The normalized spacial score (nSPS) is 11.5. The average molecular weight is 484 g/mol. The molecule has 3 rings (SSSR count). The maximum absolute atomic E-state index is 13.2. The van der Waals surface area contributed by atoms with Gasteiger partial charge in [0.1, 0.15) is 0 Å². The number of halogens is 3. The number of anilines is 1. The summed E-state index contributed by atoms with van der Waals surface area (Å²) in [7, 11) is -3.97. The molecule has 3 aromatic rings. The molecule has 0 unspecified atom stereocenters. The van der Waals surface area contributed by atoms with E-state index in [2.05, 4.69) is 5.32 Å². The van der Waals surface area contributed by atoms with Crippen LogP contribution in [0.4, 0.5) is 5.69 Å². The summed E-state index contributed by atoms with van der Waals surface area (Å²) in [5.41, 5.74) is 0.991. The first kappa shape index (κ1) is 22.6. The molecule has 156 valence electrons. The van der Waals surface area contributed by atoms with Crippen molar-refractivity contribution in [2.24, 2.45) is 0 Å². The molecule has 1 amide bonds. The van der Waals surface area contributed by atoms with E-state index in [0.29, 0.717) is 26.3 Å². The van der Waals surface area contributed by atoms with E-state index in [0.717, 1.165) is 4.31 Å². The molecular weight excluding hydrogens is 467 g/mol. The van der Waals surface area contributed by atoms with Crippen LogP contribution in [0.3, 0.4) is 0 Å². The fourth-order valence-corrected chi connectivity index (χ4v) is 4.79. The number of hydrogen-bond donors (Lipinski definition) is 1. The number of nitrogens with one attached hydrogen (secondary N) is 1. The molecule has 0 atom stereocenters. The summed E-state index contributed by atoms with van der Waals surface area (Å²) < 4.78 is 27.5. The maximum Gasteiger partial charge on any atom is 0.243 e. The average Bonchev–Trinajstić information content (AvgIpc) is 2.70. The molecule has 0 aliphatic rings. The van der Waals surface area contributed by atoms with Gasteiger partial charge in [0.25, 0.3) is 0 Å². The van der Waals surface area contributed by atoms with Crippen molar-refractivity contribution in [2.45, 2.75) is 11.4 Å². The summed E-state index contributed by atoms with van der Waals surface area (Å²) in [5, 5.41) is 3.86. The van der Waals surface area contributed by atoms with Gasteiger partial charge in [0.05, 0.1) is 11.4 Å². The fraction of sp³-hybridized carbons (Fsp3) is 0.0952. The van der Waals surface area contributed by atoms with E-state index >= 15 is 0 Å². The lowest BCUT2D eigenvalue weighted by atomic mass is 10.2. The minimum atomic E-state index is -3.97. The molecule has 30 heavy (non-hydrogen) atoms. The highest BCUT2D eigenvalue weighted by molar-refractivity contribution is 7.89. The van der Waals surface area contributed by atoms with Crippen molar-refractivity contribution in [3.8, 4) is 0 Å². The van der Waals surface area contributed by atoms with Crippen LogP contribution in [0.2, 0.25) is 15.1 Å². The molecule has 0 fully saturated rings. The highest BCUT2D eigenvalue weighted by atomic mass is 35.5. The molecule has 1 N–H and O–H groups in total. The first-order chi connectivity index (χ1) is 14.3. The third-order valence-corrected chi connectivity index (χ3v) is 6.80. The van der Waals surface area contributed by atoms with E-state index in [1.807, 2.05) is 0 Å². The highest BCUT2D eigenvalue weighted by Gasteiger charge is 2.27. The molecule has 9 heteroatoms. The third-order valence-electron chi connectivity index (χ3n) is 4.17. The van der Waals surface area contributed by atoms with E-state index in [-0.39, 0.29) is 11.4 Å². The summed E-state index contributed by atoms with van der Waals surface area (Å²) >= 11 is 18.1. The van der Waals surface area contributed by atoms with Crippen LogP contribution >= 0.6 is 34.8 Å². The van der Waals surface area contributed by atoms with Gasteiger partial charge in [-0.05, 0) is 48.0 Å². The zero-order chi connectivity index (χ0) is 21.7. The summed E-state index contributed by atoms with van der Waals surface area (Å²) in [4.78, 5) is 12.7. The highest BCUT2D eigenvalue weighted by Crippen LogP contribution is 2.25. The van der Waals surface area contributed by atoms with Crippen LogP contribution in [0.1, 0.15) is 5.56 Å². The summed E-state index contributed by atoms with van der Waals surface area (Å²) in [6, 6.07) is 19.3. The van der Waals surface area contributed by atoms with Gasteiger partial charge < -0.3 is 5.32 Å². The Hall–Kier alpha value is -2.09. The Morgan fingerprint density at radius 2 is 1.57 bits per heavy atom. The largest absolute Gasteiger partial charge is 0.325 e. The number of rotatable bonds is 7. The lowest BCUT2D eigenvalue weighted by molar-refractivity contribution is -0.116. The van der Waals surface area contributed by atoms with Crippen molar-refractivity contribution in [1.29, 1.82) is 0 Å². The Bertz CT molecular complexity index is 1160. The number of amides is 1. The fourth-order valence-electron chi connectivity index (χ4n) is 2.73. The molecule has 0 spiro atoms. The Morgan fingerprint density at radius 1 is 0.867 bits per heavy atom. The maximum atomic E-state index is 13.2. The van der Waals surface area contributed by atoms with E-state index in [9.17, 15) is 13.2 Å². The van der Waals surface area contributed by atoms with Crippen molar-refractivity contribution >= 4 is 56.4 Å².